The van der Waals surface area contributed by atoms with E-state index in [9.17, 15) is 27.2 Å². The number of oxime groups is 1. The van der Waals surface area contributed by atoms with Crippen LogP contribution in [0.3, 0.4) is 0 Å². The van der Waals surface area contributed by atoms with Gasteiger partial charge in [-0.25, -0.2) is 14.0 Å². The summed E-state index contributed by atoms with van der Waals surface area (Å²) in [6, 6.07) is 9.49. The SMILES string of the molecule is O=C(Cc1ccc(F)cc1)ON=C1CCN(C(=O)Oc2cccc(C(F)(F)F)c2)CC1. The first-order valence-electron chi connectivity index (χ1n) is 9.35. The normalized spacial score (nSPS) is 14.2. The molecule has 0 atom stereocenters. The van der Waals surface area contributed by atoms with Crippen LogP contribution in [-0.4, -0.2) is 35.8 Å². The zero-order valence-electron chi connectivity index (χ0n) is 16.2. The third-order valence-electron chi connectivity index (χ3n) is 4.50. The van der Waals surface area contributed by atoms with Gasteiger partial charge in [0, 0.05) is 25.9 Å². The van der Waals surface area contributed by atoms with Gasteiger partial charge in [-0.2, -0.15) is 13.2 Å². The minimum Gasteiger partial charge on any atom is -0.410 e. The molecule has 1 heterocycles. The topological polar surface area (TPSA) is 68.2 Å². The number of likely N-dealkylation sites (tertiary alicyclic amines) is 1. The highest BCUT2D eigenvalue weighted by atomic mass is 19.4. The number of hydrogen-bond donors (Lipinski definition) is 0. The molecule has 1 saturated heterocycles. The van der Waals surface area contributed by atoms with Crippen molar-refractivity contribution in [3.63, 3.8) is 0 Å². The number of benzene rings is 2. The zero-order chi connectivity index (χ0) is 22.4. The van der Waals surface area contributed by atoms with E-state index >= 15 is 0 Å². The lowest BCUT2D eigenvalue weighted by Gasteiger charge is -2.26. The molecule has 0 aromatic heterocycles. The van der Waals surface area contributed by atoms with Gasteiger partial charge in [0.05, 0.1) is 17.7 Å². The predicted molar refractivity (Wildman–Crippen MR) is 102 cm³/mol. The van der Waals surface area contributed by atoms with E-state index in [1.165, 1.54) is 35.2 Å². The zero-order valence-corrected chi connectivity index (χ0v) is 16.2. The fourth-order valence-electron chi connectivity index (χ4n) is 2.86. The summed E-state index contributed by atoms with van der Waals surface area (Å²) < 4.78 is 56.2. The average molecular weight is 438 g/mol. The molecule has 6 nitrogen and oxygen atoms in total. The van der Waals surface area contributed by atoms with E-state index < -0.39 is 29.6 Å². The van der Waals surface area contributed by atoms with Crippen LogP contribution in [0.1, 0.15) is 24.0 Å². The maximum atomic E-state index is 12.9. The minimum absolute atomic E-state index is 0.0630. The van der Waals surface area contributed by atoms with Crippen LogP contribution in [0.15, 0.2) is 53.7 Å². The van der Waals surface area contributed by atoms with Crippen LogP contribution in [0.2, 0.25) is 0 Å². The van der Waals surface area contributed by atoms with Crippen LogP contribution in [-0.2, 0) is 22.2 Å². The molecule has 31 heavy (non-hydrogen) atoms. The number of carbonyl (C=O) groups is 2. The highest BCUT2D eigenvalue weighted by Gasteiger charge is 2.31. The maximum Gasteiger partial charge on any atom is 0.416 e. The van der Waals surface area contributed by atoms with Crippen molar-refractivity contribution in [2.75, 3.05) is 13.1 Å². The predicted octanol–water partition coefficient (Wildman–Crippen LogP) is 4.58. The molecule has 1 aliphatic heterocycles. The molecule has 0 radical (unpaired) electrons. The Kier molecular flexibility index (Phi) is 6.88. The molecule has 0 unspecified atom stereocenters. The Morgan fingerprint density at radius 2 is 1.71 bits per heavy atom. The summed E-state index contributed by atoms with van der Waals surface area (Å²) in [7, 11) is 0. The van der Waals surface area contributed by atoms with Crippen LogP contribution >= 0.6 is 0 Å². The summed E-state index contributed by atoms with van der Waals surface area (Å²) in [5.41, 5.74) is 0.239. The molecule has 0 saturated carbocycles. The maximum absolute atomic E-state index is 12.9. The van der Waals surface area contributed by atoms with Gasteiger partial charge in [-0.3, -0.25) is 0 Å². The van der Waals surface area contributed by atoms with E-state index in [0.29, 0.717) is 24.1 Å². The summed E-state index contributed by atoms with van der Waals surface area (Å²) in [5, 5.41) is 3.80. The van der Waals surface area contributed by atoms with Crippen LogP contribution in [0.25, 0.3) is 0 Å². The molecule has 1 amide bonds. The fourth-order valence-corrected chi connectivity index (χ4v) is 2.86. The van der Waals surface area contributed by atoms with Gasteiger partial charge in [0.15, 0.2) is 0 Å². The van der Waals surface area contributed by atoms with Gasteiger partial charge >= 0.3 is 18.2 Å². The van der Waals surface area contributed by atoms with Gasteiger partial charge in [0.2, 0.25) is 0 Å². The van der Waals surface area contributed by atoms with Crippen molar-refractivity contribution in [1.29, 1.82) is 0 Å². The number of carbonyl (C=O) groups excluding carboxylic acids is 2. The van der Waals surface area contributed by atoms with Crippen molar-refractivity contribution in [2.24, 2.45) is 5.16 Å². The number of hydrogen-bond acceptors (Lipinski definition) is 5. The number of rotatable bonds is 4. The summed E-state index contributed by atoms with van der Waals surface area (Å²) >= 11 is 0. The van der Waals surface area contributed by atoms with Crippen molar-refractivity contribution in [3.8, 4) is 5.75 Å². The first kappa shape index (κ1) is 22.3. The molecular formula is C21H18F4N2O4. The Morgan fingerprint density at radius 1 is 1.03 bits per heavy atom. The Hall–Kier alpha value is -3.43. The number of amides is 1. The molecule has 0 spiro atoms. The third-order valence-corrected chi connectivity index (χ3v) is 4.50. The highest BCUT2D eigenvalue weighted by molar-refractivity contribution is 5.87. The second-order valence-electron chi connectivity index (χ2n) is 6.80. The largest absolute Gasteiger partial charge is 0.416 e. The van der Waals surface area contributed by atoms with Crippen LogP contribution in [0, 0.1) is 5.82 Å². The number of ether oxygens (including phenoxy) is 1. The summed E-state index contributed by atoms with van der Waals surface area (Å²) in [6.45, 7) is 0.429. The smallest absolute Gasteiger partial charge is 0.410 e. The van der Waals surface area contributed by atoms with Gasteiger partial charge in [-0.15, -0.1) is 0 Å². The number of alkyl halides is 3. The van der Waals surface area contributed by atoms with E-state index in [-0.39, 0.29) is 25.3 Å². The summed E-state index contributed by atoms with van der Waals surface area (Å²) in [6.07, 6.45) is -4.73. The molecule has 10 heteroatoms. The van der Waals surface area contributed by atoms with E-state index in [2.05, 4.69) is 5.16 Å². The number of piperidine rings is 1. The van der Waals surface area contributed by atoms with Crippen molar-refractivity contribution < 1.29 is 36.7 Å². The van der Waals surface area contributed by atoms with Gasteiger partial charge < -0.3 is 14.5 Å². The summed E-state index contributed by atoms with van der Waals surface area (Å²) in [4.78, 5) is 30.2. The van der Waals surface area contributed by atoms with Crippen LogP contribution < -0.4 is 4.74 Å². The van der Waals surface area contributed by atoms with E-state index in [1.807, 2.05) is 0 Å². The van der Waals surface area contributed by atoms with Crippen molar-refractivity contribution in [3.05, 3.63) is 65.5 Å². The number of nitrogens with zero attached hydrogens (tertiary/aromatic N) is 2. The standard InChI is InChI=1S/C21H18F4N2O4/c22-16-6-4-14(5-7-16)12-19(28)31-26-17-8-10-27(11-9-17)20(29)30-18-3-1-2-15(13-18)21(23,24)25/h1-7,13H,8-12H2. The van der Waals surface area contributed by atoms with Crippen LogP contribution in [0.5, 0.6) is 5.75 Å². The lowest BCUT2D eigenvalue weighted by Crippen LogP contribution is -2.40. The summed E-state index contributed by atoms with van der Waals surface area (Å²) in [5.74, 6) is -1.21. The third kappa shape index (κ3) is 6.53. The Balaban J connectivity index is 1.47. The molecule has 2 aromatic carbocycles. The molecule has 1 fully saturated rings. The van der Waals surface area contributed by atoms with Gasteiger partial charge in [-0.05, 0) is 35.9 Å². The number of halogens is 4. The molecule has 1 aliphatic rings. The van der Waals surface area contributed by atoms with Crippen molar-refractivity contribution in [2.45, 2.75) is 25.4 Å². The molecule has 2 aromatic rings. The second kappa shape index (κ2) is 9.59. The van der Waals surface area contributed by atoms with E-state index in [4.69, 9.17) is 9.57 Å². The molecule has 0 N–H and O–H groups in total. The molecule has 3 rings (SSSR count). The minimum atomic E-state index is -4.53. The lowest BCUT2D eigenvalue weighted by molar-refractivity contribution is -0.143. The first-order chi connectivity index (χ1) is 14.7. The molecule has 164 valence electrons. The highest BCUT2D eigenvalue weighted by Crippen LogP contribution is 2.31. The average Bonchev–Trinajstić information content (AvgIpc) is 2.74. The monoisotopic (exact) mass is 438 g/mol. The van der Waals surface area contributed by atoms with Gasteiger partial charge in [0.25, 0.3) is 0 Å². The van der Waals surface area contributed by atoms with E-state index in [0.717, 1.165) is 18.2 Å². The Morgan fingerprint density at radius 3 is 2.35 bits per heavy atom. The van der Waals surface area contributed by atoms with Gasteiger partial charge in [-0.1, -0.05) is 23.4 Å². The van der Waals surface area contributed by atoms with Crippen molar-refractivity contribution >= 4 is 17.8 Å². The quantitative estimate of drug-likeness (QED) is 0.398. The second-order valence-corrected chi connectivity index (χ2v) is 6.80. The Labute approximate surface area is 175 Å². The van der Waals surface area contributed by atoms with Crippen molar-refractivity contribution in [1.82, 2.24) is 4.90 Å². The lowest BCUT2D eigenvalue weighted by atomic mass is 10.1. The molecular weight excluding hydrogens is 420 g/mol. The Bertz CT molecular complexity index is 964. The van der Waals surface area contributed by atoms with Crippen LogP contribution in [0.4, 0.5) is 22.4 Å². The van der Waals surface area contributed by atoms with E-state index in [1.54, 1.807) is 0 Å². The molecule has 0 aliphatic carbocycles. The molecule has 0 bridgehead atoms. The van der Waals surface area contributed by atoms with Gasteiger partial charge in [0.1, 0.15) is 11.6 Å². The first-order valence-corrected chi connectivity index (χ1v) is 9.35. The fraction of sp³-hybridized carbons (Fsp3) is 0.286.